The predicted octanol–water partition coefficient (Wildman–Crippen LogP) is 5.64. The third-order valence-electron chi connectivity index (χ3n) is 4.51. The lowest BCUT2D eigenvalue weighted by molar-refractivity contribution is -0.143. The number of benzene rings is 2. The molecule has 0 amide bonds. The first-order valence-electron chi connectivity index (χ1n) is 8.70. The number of ether oxygens (including phenoxy) is 1. The standard InChI is InChI=1S/C20H9F7N2O3/c21-14-13(20(25,26)27)15(22)17(24)18(16(14)23)29-28-6-10-2-4-12(32-10)8-1-3-11-9(5-8)7-31-19(11)30/h1-6,29H,7H2. The second kappa shape index (κ2) is 7.70. The average Bonchev–Trinajstić information content (AvgIpc) is 3.35. The second-order valence-electron chi connectivity index (χ2n) is 6.52. The number of carbonyl (C=O) groups excluding carboxylic acids is 1. The summed E-state index contributed by atoms with van der Waals surface area (Å²) in [6, 6.07) is 7.73. The Morgan fingerprint density at radius 3 is 2.31 bits per heavy atom. The van der Waals surface area contributed by atoms with Crippen LogP contribution >= 0.6 is 0 Å². The number of esters is 1. The van der Waals surface area contributed by atoms with Crippen molar-refractivity contribution in [2.45, 2.75) is 12.8 Å². The van der Waals surface area contributed by atoms with Crippen LogP contribution in [-0.2, 0) is 17.5 Å². The maximum absolute atomic E-state index is 13.8. The van der Waals surface area contributed by atoms with Gasteiger partial charge < -0.3 is 9.15 Å². The van der Waals surface area contributed by atoms with Crippen molar-refractivity contribution >= 4 is 17.9 Å². The van der Waals surface area contributed by atoms with Crippen LogP contribution in [0.2, 0.25) is 0 Å². The number of hydrogen-bond acceptors (Lipinski definition) is 5. The first-order valence-corrected chi connectivity index (χ1v) is 8.70. The highest BCUT2D eigenvalue weighted by molar-refractivity contribution is 5.94. The van der Waals surface area contributed by atoms with E-state index in [0.29, 0.717) is 22.5 Å². The molecule has 0 atom stereocenters. The fourth-order valence-electron chi connectivity index (χ4n) is 3.00. The number of furan rings is 1. The first kappa shape index (κ1) is 21.4. The number of nitrogens with one attached hydrogen (secondary N) is 1. The zero-order valence-corrected chi connectivity index (χ0v) is 15.5. The van der Waals surface area contributed by atoms with Gasteiger partial charge in [0.15, 0.2) is 23.3 Å². The number of hydrogen-bond donors (Lipinski definition) is 1. The van der Waals surface area contributed by atoms with Gasteiger partial charge in [-0.05, 0) is 24.3 Å². The van der Waals surface area contributed by atoms with Crippen LogP contribution in [0.25, 0.3) is 11.3 Å². The summed E-state index contributed by atoms with van der Waals surface area (Å²) in [5.41, 5.74) is -0.932. The number of alkyl halides is 3. The zero-order chi connectivity index (χ0) is 23.2. The summed E-state index contributed by atoms with van der Waals surface area (Å²) in [6.07, 6.45) is -4.75. The van der Waals surface area contributed by atoms with E-state index >= 15 is 0 Å². The molecule has 1 N–H and O–H groups in total. The molecule has 1 aromatic heterocycles. The zero-order valence-electron chi connectivity index (χ0n) is 15.5. The molecule has 0 aliphatic carbocycles. The van der Waals surface area contributed by atoms with Gasteiger partial charge >= 0.3 is 12.1 Å². The molecule has 32 heavy (non-hydrogen) atoms. The smallest absolute Gasteiger partial charge is 0.422 e. The molecule has 166 valence electrons. The molecule has 4 rings (SSSR count). The van der Waals surface area contributed by atoms with Crippen molar-refractivity contribution < 1.29 is 44.7 Å². The van der Waals surface area contributed by atoms with Gasteiger partial charge in [-0.1, -0.05) is 6.07 Å². The largest absolute Gasteiger partial charge is 0.457 e. The second-order valence-corrected chi connectivity index (χ2v) is 6.52. The minimum Gasteiger partial charge on any atom is -0.457 e. The van der Waals surface area contributed by atoms with Crippen LogP contribution in [-0.4, -0.2) is 12.2 Å². The fourth-order valence-corrected chi connectivity index (χ4v) is 3.00. The van der Waals surface area contributed by atoms with E-state index in [9.17, 15) is 35.5 Å². The lowest BCUT2D eigenvalue weighted by Gasteiger charge is -2.13. The molecule has 0 fully saturated rings. The summed E-state index contributed by atoms with van der Waals surface area (Å²) < 4.78 is 103. The number of rotatable bonds is 4. The van der Waals surface area contributed by atoms with Crippen molar-refractivity contribution in [3.05, 3.63) is 76.1 Å². The van der Waals surface area contributed by atoms with Crippen LogP contribution in [0.15, 0.2) is 39.9 Å². The fraction of sp³-hybridized carbons (Fsp3) is 0.100. The van der Waals surface area contributed by atoms with E-state index in [2.05, 4.69) is 5.10 Å². The van der Waals surface area contributed by atoms with Gasteiger partial charge in [-0.15, -0.1) is 0 Å². The Morgan fingerprint density at radius 2 is 1.66 bits per heavy atom. The van der Waals surface area contributed by atoms with Crippen LogP contribution in [0.4, 0.5) is 36.4 Å². The lowest BCUT2D eigenvalue weighted by atomic mass is 10.0. The highest BCUT2D eigenvalue weighted by atomic mass is 19.4. The quantitative estimate of drug-likeness (QED) is 0.181. The molecule has 1 aliphatic rings. The van der Waals surface area contributed by atoms with Crippen molar-refractivity contribution in [1.82, 2.24) is 0 Å². The van der Waals surface area contributed by atoms with Crippen molar-refractivity contribution in [2.75, 3.05) is 5.43 Å². The van der Waals surface area contributed by atoms with E-state index in [4.69, 9.17) is 9.15 Å². The van der Waals surface area contributed by atoms with Crippen molar-refractivity contribution in [3.63, 3.8) is 0 Å². The summed E-state index contributed by atoms with van der Waals surface area (Å²) in [5, 5.41) is 3.35. The van der Waals surface area contributed by atoms with E-state index in [1.807, 2.05) is 0 Å². The van der Waals surface area contributed by atoms with E-state index in [1.54, 1.807) is 23.6 Å². The Morgan fingerprint density at radius 1 is 0.969 bits per heavy atom. The molecular weight excluding hydrogens is 449 g/mol. The van der Waals surface area contributed by atoms with Crippen molar-refractivity contribution in [1.29, 1.82) is 0 Å². The van der Waals surface area contributed by atoms with Gasteiger partial charge in [0.05, 0.1) is 11.8 Å². The normalized spacial score (nSPS) is 13.5. The number of fused-ring (bicyclic) bond motifs is 1. The summed E-state index contributed by atoms with van der Waals surface area (Å²) >= 11 is 0. The number of cyclic esters (lactones) is 1. The summed E-state index contributed by atoms with van der Waals surface area (Å²) in [5.74, 6) is -9.86. The monoisotopic (exact) mass is 458 g/mol. The molecule has 12 heteroatoms. The van der Waals surface area contributed by atoms with Gasteiger partial charge in [0.1, 0.15) is 29.4 Å². The van der Waals surface area contributed by atoms with Crippen LogP contribution in [0.3, 0.4) is 0 Å². The first-order chi connectivity index (χ1) is 15.1. The molecule has 0 radical (unpaired) electrons. The van der Waals surface area contributed by atoms with E-state index < -0.39 is 46.7 Å². The van der Waals surface area contributed by atoms with Gasteiger partial charge in [0.25, 0.3) is 0 Å². The third-order valence-corrected chi connectivity index (χ3v) is 4.51. The maximum Gasteiger partial charge on any atom is 0.422 e. The summed E-state index contributed by atoms with van der Waals surface area (Å²) in [7, 11) is 0. The van der Waals surface area contributed by atoms with E-state index in [1.165, 1.54) is 12.1 Å². The summed E-state index contributed by atoms with van der Waals surface area (Å²) in [4.78, 5) is 11.5. The lowest BCUT2D eigenvalue weighted by Crippen LogP contribution is -2.16. The molecule has 5 nitrogen and oxygen atoms in total. The number of nitrogens with zero attached hydrogens (tertiary/aromatic N) is 1. The molecule has 1 aliphatic heterocycles. The minimum atomic E-state index is -5.64. The molecule has 3 aromatic rings. The Bertz CT molecular complexity index is 1240. The van der Waals surface area contributed by atoms with Crippen LogP contribution in [0.5, 0.6) is 0 Å². The number of anilines is 1. The highest BCUT2D eigenvalue weighted by Crippen LogP contribution is 2.38. The molecular formula is C20H9F7N2O3. The Hall–Kier alpha value is -3.83. The molecule has 0 saturated heterocycles. The minimum absolute atomic E-state index is 0.0361. The Kier molecular flexibility index (Phi) is 5.15. The number of halogens is 7. The predicted molar refractivity (Wildman–Crippen MR) is 95.8 cm³/mol. The van der Waals surface area contributed by atoms with Crippen LogP contribution in [0.1, 0.15) is 27.2 Å². The molecule has 2 aromatic carbocycles. The maximum atomic E-state index is 13.8. The van der Waals surface area contributed by atoms with Gasteiger partial charge in [0, 0.05) is 11.1 Å². The average molecular weight is 458 g/mol. The van der Waals surface area contributed by atoms with Crippen molar-refractivity contribution in [3.8, 4) is 11.3 Å². The SMILES string of the molecule is O=C1OCc2cc(-c3ccc(C=NNc4c(F)c(F)c(C(F)(F)F)c(F)c4F)o3)ccc21. The highest BCUT2D eigenvalue weighted by Gasteiger charge is 2.42. The molecule has 0 bridgehead atoms. The van der Waals surface area contributed by atoms with E-state index in [0.717, 1.165) is 6.21 Å². The van der Waals surface area contributed by atoms with Crippen LogP contribution < -0.4 is 5.43 Å². The molecule has 0 unspecified atom stereocenters. The molecule has 0 saturated carbocycles. The molecule has 0 spiro atoms. The number of hydrazone groups is 1. The van der Waals surface area contributed by atoms with Crippen molar-refractivity contribution in [2.24, 2.45) is 5.10 Å². The van der Waals surface area contributed by atoms with Gasteiger partial charge in [0.2, 0.25) is 0 Å². The Labute approximate surface area is 174 Å². The van der Waals surface area contributed by atoms with E-state index in [-0.39, 0.29) is 12.4 Å². The van der Waals surface area contributed by atoms with Gasteiger partial charge in [-0.2, -0.15) is 18.3 Å². The third kappa shape index (κ3) is 3.67. The van der Waals surface area contributed by atoms with Gasteiger partial charge in [-0.3, -0.25) is 5.43 Å². The summed E-state index contributed by atoms with van der Waals surface area (Å²) in [6.45, 7) is 0.109. The number of carbonyl (C=O) groups is 1. The van der Waals surface area contributed by atoms with Gasteiger partial charge in [-0.25, -0.2) is 22.4 Å². The molecule has 2 heterocycles. The Balaban J connectivity index is 1.55. The van der Waals surface area contributed by atoms with Crippen LogP contribution in [0, 0.1) is 23.3 Å². The topological polar surface area (TPSA) is 63.8 Å².